The minimum absolute atomic E-state index is 0.0700. The number of aliphatic hydroxyl groups excluding tert-OH is 2. The first-order chi connectivity index (χ1) is 10.1. The molecule has 0 fully saturated rings. The molecule has 0 aliphatic carbocycles. The zero-order valence-corrected chi connectivity index (χ0v) is 11.4. The van der Waals surface area contributed by atoms with Crippen LogP contribution < -0.4 is 4.90 Å². The Hall–Kier alpha value is -1.98. The maximum atomic E-state index is 13.2. The number of rotatable bonds is 6. The first kappa shape index (κ1) is 15.4. The molecule has 0 saturated carbocycles. The minimum atomic E-state index is -0.986. The molecule has 0 aromatic heterocycles. The summed E-state index contributed by atoms with van der Waals surface area (Å²) in [7, 11) is 0. The molecule has 1 atom stereocenters. The summed E-state index contributed by atoms with van der Waals surface area (Å²) in [6.07, 6.45) is -0.980. The van der Waals surface area contributed by atoms with Crippen LogP contribution in [0.4, 0.5) is 14.5 Å². The number of para-hydroxylation sites is 1. The molecule has 0 unspecified atom stereocenters. The van der Waals surface area contributed by atoms with Gasteiger partial charge in [-0.05, 0) is 29.8 Å². The number of aliphatic hydroxyl groups is 2. The highest BCUT2D eigenvalue weighted by atomic mass is 19.2. The molecule has 0 spiro atoms. The van der Waals surface area contributed by atoms with Crippen LogP contribution in [0.25, 0.3) is 0 Å². The molecule has 0 amide bonds. The van der Waals surface area contributed by atoms with Crippen LogP contribution in [-0.4, -0.2) is 29.9 Å². The lowest BCUT2D eigenvalue weighted by Crippen LogP contribution is -2.31. The lowest BCUT2D eigenvalue weighted by Gasteiger charge is -2.26. The van der Waals surface area contributed by atoms with E-state index in [-0.39, 0.29) is 13.2 Å². The zero-order valence-electron chi connectivity index (χ0n) is 11.4. The maximum absolute atomic E-state index is 13.2. The van der Waals surface area contributed by atoms with Gasteiger partial charge in [0, 0.05) is 18.8 Å². The summed E-state index contributed by atoms with van der Waals surface area (Å²) in [6, 6.07) is 12.6. The van der Waals surface area contributed by atoms with Crippen molar-refractivity contribution >= 4 is 5.69 Å². The highest BCUT2D eigenvalue weighted by molar-refractivity contribution is 5.46. The van der Waals surface area contributed by atoms with Crippen LogP contribution in [0.3, 0.4) is 0 Å². The molecule has 3 nitrogen and oxygen atoms in total. The second kappa shape index (κ2) is 7.15. The molecule has 2 rings (SSSR count). The SMILES string of the molecule is OCCN(C[C@H](O)c1ccc(F)c(F)c1)c1ccccc1. The van der Waals surface area contributed by atoms with Crippen LogP contribution in [0.15, 0.2) is 48.5 Å². The minimum Gasteiger partial charge on any atom is -0.395 e. The topological polar surface area (TPSA) is 43.7 Å². The van der Waals surface area contributed by atoms with Gasteiger partial charge in [0.1, 0.15) is 0 Å². The third kappa shape index (κ3) is 4.00. The Bertz CT molecular complexity index is 578. The lowest BCUT2D eigenvalue weighted by molar-refractivity contribution is 0.180. The summed E-state index contributed by atoms with van der Waals surface area (Å²) in [6.45, 7) is 0.444. The van der Waals surface area contributed by atoms with Gasteiger partial charge in [0.2, 0.25) is 0 Å². The quantitative estimate of drug-likeness (QED) is 0.860. The molecular weight excluding hydrogens is 276 g/mol. The van der Waals surface area contributed by atoms with Crippen molar-refractivity contribution in [2.24, 2.45) is 0 Å². The lowest BCUT2D eigenvalue weighted by atomic mass is 10.1. The fraction of sp³-hybridized carbons (Fsp3) is 0.250. The third-order valence-corrected chi connectivity index (χ3v) is 3.21. The molecule has 2 aromatic carbocycles. The van der Waals surface area contributed by atoms with Crippen molar-refractivity contribution in [3.8, 4) is 0 Å². The number of halogens is 2. The predicted molar refractivity (Wildman–Crippen MR) is 77.1 cm³/mol. The fourth-order valence-electron chi connectivity index (χ4n) is 2.12. The van der Waals surface area contributed by atoms with E-state index in [0.29, 0.717) is 12.1 Å². The van der Waals surface area contributed by atoms with Gasteiger partial charge in [0.15, 0.2) is 11.6 Å². The summed E-state index contributed by atoms with van der Waals surface area (Å²) in [5.74, 6) is -1.93. The average Bonchev–Trinajstić information content (AvgIpc) is 2.50. The Morgan fingerprint density at radius 2 is 1.71 bits per heavy atom. The molecule has 2 aromatic rings. The van der Waals surface area contributed by atoms with Crippen molar-refractivity contribution in [2.75, 3.05) is 24.6 Å². The van der Waals surface area contributed by atoms with Crippen LogP contribution in [0.1, 0.15) is 11.7 Å². The number of hydrogen-bond acceptors (Lipinski definition) is 3. The highest BCUT2D eigenvalue weighted by Gasteiger charge is 2.15. The fourth-order valence-corrected chi connectivity index (χ4v) is 2.12. The van der Waals surface area contributed by atoms with E-state index in [4.69, 9.17) is 5.11 Å². The molecule has 21 heavy (non-hydrogen) atoms. The van der Waals surface area contributed by atoms with Gasteiger partial charge in [-0.1, -0.05) is 24.3 Å². The Kier molecular flexibility index (Phi) is 5.25. The predicted octanol–water partition coefficient (Wildman–Crippen LogP) is 2.50. The Morgan fingerprint density at radius 3 is 2.33 bits per heavy atom. The van der Waals surface area contributed by atoms with Gasteiger partial charge in [0.05, 0.1) is 12.7 Å². The summed E-state index contributed by atoms with van der Waals surface area (Å²) in [5, 5.41) is 19.3. The van der Waals surface area contributed by atoms with E-state index < -0.39 is 17.7 Å². The van der Waals surface area contributed by atoms with Crippen molar-refractivity contribution in [3.63, 3.8) is 0 Å². The first-order valence-corrected chi connectivity index (χ1v) is 6.65. The second-order valence-corrected chi connectivity index (χ2v) is 4.69. The van der Waals surface area contributed by atoms with Crippen LogP contribution in [0.2, 0.25) is 0 Å². The van der Waals surface area contributed by atoms with Crippen LogP contribution >= 0.6 is 0 Å². The van der Waals surface area contributed by atoms with Gasteiger partial charge in [-0.25, -0.2) is 8.78 Å². The van der Waals surface area contributed by atoms with Gasteiger partial charge < -0.3 is 15.1 Å². The van der Waals surface area contributed by atoms with E-state index >= 15 is 0 Å². The van der Waals surface area contributed by atoms with Gasteiger partial charge in [0.25, 0.3) is 0 Å². The Balaban J connectivity index is 2.14. The zero-order chi connectivity index (χ0) is 15.2. The maximum Gasteiger partial charge on any atom is 0.159 e. The number of hydrogen-bond donors (Lipinski definition) is 2. The average molecular weight is 293 g/mol. The number of nitrogens with zero attached hydrogens (tertiary/aromatic N) is 1. The Morgan fingerprint density at radius 1 is 1.00 bits per heavy atom. The van der Waals surface area contributed by atoms with Crippen LogP contribution in [-0.2, 0) is 0 Å². The molecule has 5 heteroatoms. The number of benzene rings is 2. The molecule has 0 aliphatic heterocycles. The van der Waals surface area contributed by atoms with E-state index in [1.54, 1.807) is 4.90 Å². The molecular formula is C16H17F2NO2. The van der Waals surface area contributed by atoms with Crippen molar-refractivity contribution in [2.45, 2.75) is 6.10 Å². The molecule has 2 N–H and O–H groups in total. The normalized spacial score (nSPS) is 12.2. The van der Waals surface area contributed by atoms with E-state index in [1.807, 2.05) is 30.3 Å². The standard InChI is InChI=1S/C16H17F2NO2/c17-14-7-6-12(10-15(14)18)16(21)11-19(8-9-20)13-4-2-1-3-5-13/h1-7,10,16,20-21H,8-9,11H2/t16-/m0/s1. The van der Waals surface area contributed by atoms with E-state index in [2.05, 4.69) is 0 Å². The summed E-state index contributed by atoms with van der Waals surface area (Å²) < 4.78 is 26.1. The largest absolute Gasteiger partial charge is 0.395 e. The molecule has 0 bridgehead atoms. The smallest absolute Gasteiger partial charge is 0.159 e. The third-order valence-electron chi connectivity index (χ3n) is 3.21. The van der Waals surface area contributed by atoms with Crippen molar-refractivity contribution in [3.05, 3.63) is 65.7 Å². The van der Waals surface area contributed by atoms with Gasteiger partial charge >= 0.3 is 0 Å². The van der Waals surface area contributed by atoms with Gasteiger partial charge in [-0.15, -0.1) is 0 Å². The second-order valence-electron chi connectivity index (χ2n) is 4.69. The van der Waals surface area contributed by atoms with E-state index in [1.165, 1.54) is 6.07 Å². The van der Waals surface area contributed by atoms with Crippen LogP contribution in [0, 0.1) is 11.6 Å². The highest BCUT2D eigenvalue weighted by Crippen LogP contribution is 2.21. The molecule has 0 heterocycles. The molecule has 112 valence electrons. The molecule has 0 aliphatic rings. The summed E-state index contributed by atoms with van der Waals surface area (Å²) in [5.41, 5.74) is 1.14. The summed E-state index contributed by atoms with van der Waals surface area (Å²) >= 11 is 0. The van der Waals surface area contributed by atoms with E-state index in [9.17, 15) is 13.9 Å². The monoisotopic (exact) mass is 293 g/mol. The van der Waals surface area contributed by atoms with Crippen molar-refractivity contribution < 1.29 is 19.0 Å². The first-order valence-electron chi connectivity index (χ1n) is 6.65. The Labute approximate surface area is 122 Å². The molecule has 0 radical (unpaired) electrons. The van der Waals surface area contributed by atoms with Crippen LogP contribution in [0.5, 0.6) is 0 Å². The van der Waals surface area contributed by atoms with Crippen molar-refractivity contribution in [1.29, 1.82) is 0 Å². The van der Waals surface area contributed by atoms with Gasteiger partial charge in [-0.3, -0.25) is 0 Å². The summed E-state index contributed by atoms with van der Waals surface area (Å²) in [4.78, 5) is 1.78. The number of anilines is 1. The van der Waals surface area contributed by atoms with Gasteiger partial charge in [-0.2, -0.15) is 0 Å². The van der Waals surface area contributed by atoms with Crippen molar-refractivity contribution in [1.82, 2.24) is 0 Å². The molecule has 0 saturated heterocycles. The van der Waals surface area contributed by atoms with E-state index in [0.717, 1.165) is 17.8 Å².